The Morgan fingerprint density at radius 1 is 0.533 bits per heavy atom. The van der Waals surface area contributed by atoms with Gasteiger partial charge in [0.2, 0.25) is 0 Å². The third-order valence-electron chi connectivity index (χ3n) is 9.16. The molecule has 0 N–H and O–H groups in total. The van der Waals surface area contributed by atoms with Crippen molar-refractivity contribution < 1.29 is 9.53 Å². The van der Waals surface area contributed by atoms with E-state index < -0.39 is 0 Å². The number of nitrogens with zero attached hydrogens (tertiary/aromatic N) is 1. The van der Waals surface area contributed by atoms with Gasteiger partial charge < -0.3 is 9.30 Å². The molecule has 0 saturated heterocycles. The Hall–Kier alpha value is -5.67. The van der Waals surface area contributed by atoms with Crippen LogP contribution in [0.2, 0.25) is 0 Å². The van der Waals surface area contributed by atoms with E-state index in [-0.39, 0.29) is 5.78 Å². The van der Waals surface area contributed by atoms with Gasteiger partial charge in [-0.25, -0.2) is 0 Å². The number of carbonyl (C=O) groups is 1. The van der Waals surface area contributed by atoms with Gasteiger partial charge in [-0.2, -0.15) is 0 Å². The van der Waals surface area contributed by atoms with Crippen LogP contribution in [0, 0.1) is 0 Å². The number of benzene rings is 7. The van der Waals surface area contributed by atoms with Crippen LogP contribution in [0.3, 0.4) is 0 Å². The number of allylic oxidation sites excluding steroid dienone is 2. The quantitative estimate of drug-likeness (QED) is 0.115. The molecule has 3 nitrogen and oxygen atoms in total. The molecule has 216 valence electrons. The molecule has 0 fully saturated rings. The molecule has 7 aromatic carbocycles. The zero-order valence-corrected chi connectivity index (χ0v) is 25.5. The molecule has 0 aliphatic carbocycles. The lowest BCUT2D eigenvalue weighted by Crippen LogP contribution is -2.02. The number of carbonyl (C=O) groups excluding carboxylic acids is 1. The SMILES string of the molecule is CO/C(C)=C(\C(C)=O)c1cc2c3ccccc3c(-c3ccc4c(c3)c3ccccc3n4-c3ccccc3)cc2c2ccccc12. The third-order valence-corrected chi connectivity index (χ3v) is 9.16. The molecule has 3 heteroatoms. The predicted octanol–water partition coefficient (Wildman–Crippen LogP) is 10.9. The van der Waals surface area contributed by atoms with Crippen LogP contribution in [0.15, 0.2) is 139 Å². The van der Waals surface area contributed by atoms with E-state index in [2.05, 4.69) is 132 Å². The Balaban J connectivity index is 1.46. The highest BCUT2D eigenvalue weighted by Crippen LogP contribution is 2.42. The summed E-state index contributed by atoms with van der Waals surface area (Å²) in [6.45, 7) is 3.48. The second-order valence-corrected chi connectivity index (χ2v) is 11.6. The van der Waals surface area contributed by atoms with E-state index in [4.69, 9.17) is 4.74 Å². The second kappa shape index (κ2) is 10.5. The van der Waals surface area contributed by atoms with E-state index in [1.54, 1.807) is 14.0 Å². The first-order valence-corrected chi connectivity index (χ1v) is 15.3. The fraction of sp³-hybridized carbons (Fsp3) is 0.0714. The van der Waals surface area contributed by atoms with E-state index >= 15 is 0 Å². The van der Waals surface area contributed by atoms with Gasteiger partial charge in [0.1, 0.15) is 5.76 Å². The van der Waals surface area contributed by atoms with E-state index in [1.807, 2.05) is 13.0 Å². The first kappa shape index (κ1) is 26.9. The summed E-state index contributed by atoms with van der Waals surface area (Å²) in [5.74, 6) is 0.610. The van der Waals surface area contributed by atoms with Crippen molar-refractivity contribution >= 4 is 65.5 Å². The monoisotopic (exact) mass is 581 g/mol. The minimum atomic E-state index is -0.0113. The maximum Gasteiger partial charge on any atom is 0.163 e. The highest BCUT2D eigenvalue weighted by molar-refractivity contribution is 6.29. The van der Waals surface area contributed by atoms with E-state index in [0.717, 1.165) is 38.2 Å². The number of hydrogen-bond acceptors (Lipinski definition) is 2. The fourth-order valence-corrected chi connectivity index (χ4v) is 7.12. The molecule has 45 heavy (non-hydrogen) atoms. The maximum atomic E-state index is 13.0. The Kier molecular flexibility index (Phi) is 6.28. The Bertz CT molecular complexity index is 2500. The van der Waals surface area contributed by atoms with Crippen LogP contribution < -0.4 is 0 Å². The lowest BCUT2D eigenvalue weighted by molar-refractivity contribution is -0.111. The van der Waals surface area contributed by atoms with Crippen LogP contribution in [-0.4, -0.2) is 17.5 Å². The number of ketones is 1. The van der Waals surface area contributed by atoms with Gasteiger partial charge in [0.05, 0.1) is 23.7 Å². The molecule has 0 aliphatic heterocycles. The van der Waals surface area contributed by atoms with E-state index in [1.165, 1.54) is 38.3 Å². The van der Waals surface area contributed by atoms with Gasteiger partial charge in [0.25, 0.3) is 0 Å². The predicted molar refractivity (Wildman–Crippen MR) is 189 cm³/mol. The van der Waals surface area contributed by atoms with Crippen LogP contribution in [0.5, 0.6) is 0 Å². The first-order chi connectivity index (χ1) is 22.0. The van der Waals surface area contributed by atoms with Gasteiger partial charge >= 0.3 is 0 Å². The summed E-state index contributed by atoms with van der Waals surface area (Å²) in [4.78, 5) is 13.0. The van der Waals surface area contributed by atoms with Gasteiger partial charge in [0.15, 0.2) is 5.78 Å². The van der Waals surface area contributed by atoms with Crippen molar-refractivity contribution in [2.45, 2.75) is 13.8 Å². The number of fused-ring (bicyclic) bond motifs is 8. The summed E-state index contributed by atoms with van der Waals surface area (Å²) < 4.78 is 7.96. The molecular formula is C42H31NO2. The van der Waals surface area contributed by atoms with Crippen LogP contribution >= 0.6 is 0 Å². The molecule has 0 unspecified atom stereocenters. The largest absolute Gasteiger partial charge is 0.501 e. The Morgan fingerprint density at radius 2 is 1.11 bits per heavy atom. The molecule has 0 bridgehead atoms. The zero-order chi connectivity index (χ0) is 30.7. The topological polar surface area (TPSA) is 31.2 Å². The molecule has 0 amide bonds. The molecular weight excluding hydrogens is 550 g/mol. The van der Waals surface area contributed by atoms with Gasteiger partial charge in [-0.1, -0.05) is 91.0 Å². The highest BCUT2D eigenvalue weighted by atomic mass is 16.5. The average molecular weight is 582 g/mol. The Morgan fingerprint density at radius 3 is 1.82 bits per heavy atom. The zero-order valence-electron chi connectivity index (χ0n) is 25.5. The molecule has 0 aliphatic rings. The number of aromatic nitrogens is 1. The van der Waals surface area contributed by atoms with Crippen LogP contribution in [0.25, 0.3) is 76.5 Å². The summed E-state index contributed by atoms with van der Waals surface area (Å²) in [6, 6.07) is 47.6. The summed E-state index contributed by atoms with van der Waals surface area (Å²) >= 11 is 0. The number of methoxy groups -OCH3 is 1. The molecule has 0 atom stereocenters. The Labute approximate surface area is 261 Å². The smallest absolute Gasteiger partial charge is 0.163 e. The summed E-state index contributed by atoms with van der Waals surface area (Å²) in [6.07, 6.45) is 0. The van der Waals surface area contributed by atoms with E-state index in [0.29, 0.717) is 11.3 Å². The standard InChI is InChI=1S/C42H31NO2/c1-26(44)42(27(2)45-3)39-25-37-31-16-8-7-15-30(31)35(24-36(37)32-17-9-10-18-33(32)39)28-21-22-41-38(23-28)34-19-11-12-20-40(34)43(41)29-13-5-4-6-14-29/h4-25H,1-3H3/b42-27+. The number of rotatable bonds is 5. The molecule has 0 saturated carbocycles. The normalized spacial score (nSPS) is 12.3. The van der Waals surface area contributed by atoms with Crippen LogP contribution in [0.1, 0.15) is 19.4 Å². The maximum absolute atomic E-state index is 13.0. The summed E-state index contributed by atoms with van der Waals surface area (Å²) in [5.41, 5.74) is 7.40. The number of hydrogen-bond donors (Lipinski definition) is 0. The molecule has 0 radical (unpaired) electrons. The minimum absolute atomic E-state index is 0.0113. The van der Waals surface area contributed by atoms with E-state index in [9.17, 15) is 4.79 Å². The lowest BCUT2D eigenvalue weighted by Gasteiger charge is -2.17. The molecule has 8 aromatic rings. The van der Waals surface area contributed by atoms with Crippen LogP contribution in [0.4, 0.5) is 0 Å². The first-order valence-electron chi connectivity index (χ1n) is 15.3. The second-order valence-electron chi connectivity index (χ2n) is 11.6. The van der Waals surface area contributed by atoms with Crippen molar-refractivity contribution in [2.75, 3.05) is 7.11 Å². The highest BCUT2D eigenvalue weighted by Gasteiger charge is 2.20. The summed E-state index contributed by atoms with van der Waals surface area (Å²) in [7, 11) is 1.62. The molecule has 1 heterocycles. The van der Waals surface area contributed by atoms with Crippen molar-refractivity contribution in [3.05, 3.63) is 145 Å². The van der Waals surface area contributed by atoms with Gasteiger partial charge in [-0.3, -0.25) is 4.79 Å². The van der Waals surface area contributed by atoms with Crippen molar-refractivity contribution in [3.63, 3.8) is 0 Å². The van der Waals surface area contributed by atoms with Crippen molar-refractivity contribution in [3.8, 4) is 16.8 Å². The number of ether oxygens (including phenoxy) is 1. The number of Topliss-reactive ketones (excluding diaryl/α,β-unsaturated/α-hetero) is 1. The molecule has 1 aromatic heterocycles. The van der Waals surface area contributed by atoms with Gasteiger partial charge in [0, 0.05) is 16.5 Å². The minimum Gasteiger partial charge on any atom is -0.501 e. The molecule has 8 rings (SSSR count). The average Bonchev–Trinajstić information content (AvgIpc) is 3.42. The van der Waals surface area contributed by atoms with Crippen molar-refractivity contribution in [1.82, 2.24) is 4.57 Å². The van der Waals surface area contributed by atoms with Gasteiger partial charge in [-0.15, -0.1) is 0 Å². The van der Waals surface area contributed by atoms with Crippen molar-refractivity contribution in [1.29, 1.82) is 0 Å². The van der Waals surface area contributed by atoms with Gasteiger partial charge in [-0.05, 0) is 105 Å². The lowest BCUT2D eigenvalue weighted by atomic mass is 9.86. The van der Waals surface area contributed by atoms with Crippen LogP contribution in [-0.2, 0) is 9.53 Å². The molecule has 0 spiro atoms. The fourth-order valence-electron chi connectivity index (χ4n) is 7.12. The number of para-hydroxylation sites is 2. The van der Waals surface area contributed by atoms with Crippen molar-refractivity contribution in [2.24, 2.45) is 0 Å². The summed E-state index contributed by atoms with van der Waals surface area (Å²) in [5, 5.41) is 9.21. The third kappa shape index (κ3) is 4.16.